The Labute approximate surface area is 71.9 Å². The summed E-state index contributed by atoms with van der Waals surface area (Å²) in [6.45, 7) is 1.80. The van der Waals surface area contributed by atoms with Crippen molar-refractivity contribution in [2.75, 3.05) is 7.11 Å². The second kappa shape index (κ2) is 3.45. The van der Waals surface area contributed by atoms with Gasteiger partial charge in [-0.2, -0.15) is 12.6 Å². The zero-order chi connectivity index (χ0) is 8.43. The monoisotopic (exact) mass is 175 g/mol. The topological polar surface area (TPSA) is 38.3 Å². The SMILES string of the molecule is COC(=O)C(C)NC1CC1S. The van der Waals surface area contributed by atoms with E-state index in [0.29, 0.717) is 11.3 Å². The number of rotatable bonds is 3. The Morgan fingerprint density at radius 1 is 1.82 bits per heavy atom. The zero-order valence-electron chi connectivity index (χ0n) is 6.70. The van der Waals surface area contributed by atoms with Crippen molar-refractivity contribution in [3.05, 3.63) is 0 Å². The molecule has 1 saturated carbocycles. The average Bonchev–Trinajstić information content (AvgIpc) is 2.65. The lowest BCUT2D eigenvalue weighted by atomic mass is 10.3. The summed E-state index contributed by atoms with van der Waals surface area (Å²) in [6, 6.07) is 0.189. The minimum absolute atomic E-state index is 0.206. The van der Waals surface area contributed by atoms with Crippen LogP contribution in [-0.4, -0.2) is 30.4 Å². The molecule has 3 unspecified atom stereocenters. The minimum Gasteiger partial charge on any atom is -0.468 e. The van der Waals surface area contributed by atoms with Crippen LogP contribution in [0.25, 0.3) is 0 Å². The molecule has 0 aromatic heterocycles. The highest BCUT2D eigenvalue weighted by atomic mass is 32.1. The van der Waals surface area contributed by atoms with Crippen molar-refractivity contribution < 1.29 is 9.53 Å². The number of thiol groups is 1. The van der Waals surface area contributed by atoms with E-state index in [1.54, 1.807) is 6.92 Å². The molecule has 1 rings (SSSR count). The Bertz CT molecular complexity index is 163. The molecule has 0 amide bonds. The third kappa shape index (κ3) is 2.38. The second-order valence-corrected chi connectivity index (χ2v) is 3.48. The Kier molecular flexibility index (Phi) is 2.78. The van der Waals surface area contributed by atoms with Gasteiger partial charge in [0.25, 0.3) is 0 Å². The van der Waals surface area contributed by atoms with Gasteiger partial charge in [0.2, 0.25) is 0 Å². The molecule has 11 heavy (non-hydrogen) atoms. The van der Waals surface area contributed by atoms with E-state index >= 15 is 0 Å². The summed E-state index contributed by atoms with van der Waals surface area (Å²) in [5.41, 5.74) is 0. The van der Waals surface area contributed by atoms with Gasteiger partial charge in [0.1, 0.15) is 6.04 Å². The first-order valence-corrected chi connectivity index (χ1v) is 4.18. The van der Waals surface area contributed by atoms with Crippen molar-refractivity contribution >= 4 is 18.6 Å². The molecule has 0 aromatic carbocycles. The molecule has 4 heteroatoms. The number of carbonyl (C=O) groups excluding carboxylic acids is 1. The first-order chi connectivity index (χ1) is 5.15. The number of methoxy groups -OCH3 is 1. The van der Waals surface area contributed by atoms with E-state index in [4.69, 9.17) is 0 Å². The summed E-state index contributed by atoms with van der Waals surface area (Å²) in [5.74, 6) is -0.211. The summed E-state index contributed by atoms with van der Waals surface area (Å²) in [5, 5.41) is 3.52. The molecule has 0 saturated heterocycles. The molecule has 1 fully saturated rings. The lowest BCUT2D eigenvalue weighted by molar-refractivity contribution is -0.142. The Hall–Kier alpha value is -0.220. The van der Waals surface area contributed by atoms with Crippen molar-refractivity contribution in [3.8, 4) is 0 Å². The van der Waals surface area contributed by atoms with E-state index in [-0.39, 0.29) is 12.0 Å². The highest BCUT2D eigenvalue weighted by Gasteiger charge is 2.35. The molecule has 1 aliphatic carbocycles. The molecule has 3 atom stereocenters. The summed E-state index contributed by atoms with van der Waals surface area (Å²) in [4.78, 5) is 10.9. The van der Waals surface area contributed by atoms with Crippen LogP contribution in [0.1, 0.15) is 13.3 Å². The van der Waals surface area contributed by atoms with E-state index < -0.39 is 0 Å². The molecule has 0 heterocycles. The Balaban J connectivity index is 2.20. The molecule has 0 bridgehead atoms. The van der Waals surface area contributed by atoms with E-state index in [0.717, 1.165) is 6.42 Å². The van der Waals surface area contributed by atoms with Gasteiger partial charge in [0, 0.05) is 11.3 Å². The van der Waals surface area contributed by atoms with Crippen LogP contribution >= 0.6 is 12.6 Å². The third-order valence-electron chi connectivity index (χ3n) is 1.78. The van der Waals surface area contributed by atoms with Gasteiger partial charge in [-0.05, 0) is 13.3 Å². The molecule has 0 spiro atoms. The van der Waals surface area contributed by atoms with Crippen molar-refractivity contribution in [1.29, 1.82) is 0 Å². The average molecular weight is 175 g/mol. The fraction of sp³-hybridized carbons (Fsp3) is 0.857. The molecule has 1 N–H and O–H groups in total. The fourth-order valence-electron chi connectivity index (χ4n) is 0.927. The first-order valence-electron chi connectivity index (χ1n) is 3.67. The van der Waals surface area contributed by atoms with Crippen LogP contribution in [-0.2, 0) is 9.53 Å². The highest BCUT2D eigenvalue weighted by Crippen LogP contribution is 2.27. The van der Waals surface area contributed by atoms with Gasteiger partial charge >= 0.3 is 5.97 Å². The van der Waals surface area contributed by atoms with Gasteiger partial charge < -0.3 is 10.1 Å². The maximum atomic E-state index is 10.9. The number of hydrogen-bond acceptors (Lipinski definition) is 4. The van der Waals surface area contributed by atoms with Crippen LogP contribution in [0, 0.1) is 0 Å². The molecule has 1 aliphatic rings. The van der Waals surface area contributed by atoms with Gasteiger partial charge in [0.05, 0.1) is 7.11 Å². The van der Waals surface area contributed by atoms with Crippen molar-refractivity contribution in [3.63, 3.8) is 0 Å². The molecule has 0 aliphatic heterocycles. The lowest BCUT2D eigenvalue weighted by Crippen LogP contribution is -2.37. The molecule has 3 nitrogen and oxygen atoms in total. The number of nitrogens with one attached hydrogen (secondary N) is 1. The number of esters is 1. The standard InChI is InChI=1S/C7H13NO2S/c1-4(7(9)10-2)8-5-3-6(5)11/h4-6,8,11H,3H2,1-2H3. The Morgan fingerprint density at radius 2 is 2.36 bits per heavy atom. The van der Waals surface area contributed by atoms with Crippen molar-refractivity contribution in [1.82, 2.24) is 5.32 Å². The third-order valence-corrected chi connectivity index (χ3v) is 2.35. The number of carbonyl (C=O) groups is 1. The highest BCUT2D eigenvalue weighted by molar-refractivity contribution is 7.81. The second-order valence-electron chi connectivity index (χ2n) is 2.82. The molecule has 0 aromatic rings. The Morgan fingerprint density at radius 3 is 2.73 bits per heavy atom. The van der Waals surface area contributed by atoms with Gasteiger partial charge in [-0.1, -0.05) is 0 Å². The van der Waals surface area contributed by atoms with Crippen LogP contribution in [0.4, 0.5) is 0 Å². The fourth-order valence-corrected chi connectivity index (χ4v) is 1.24. The van der Waals surface area contributed by atoms with Gasteiger partial charge in [-0.25, -0.2) is 0 Å². The quantitative estimate of drug-likeness (QED) is 0.475. The van der Waals surface area contributed by atoms with E-state index in [9.17, 15) is 4.79 Å². The molecule has 64 valence electrons. The maximum absolute atomic E-state index is 10.9. The van der Waals surface area contributed by atoms with Crippen LogP contribution in [0.5, 0.6) is 0 Å². The largest absolute Gasteiger partial charge is 0.468 e. The summed E-state index contributed by atoms with van der Waals surface area (Å²) in [6.07, 6.45) is 1.05. The van der Waals surface area contributed by atoms with Crippen LogP contribution < -0.4 is 5.32 Å². The van der Waals surface area contributed by atoms with E-state index in [1.807, 2.05) is 0 Å². The van der Waals surface area contributed by atoms with Gasteiger partial charge in [-0.15, -0.1) is 0 Å². The van der Waals surface area contributed by atoms with Crippen LogP contribution in [0.2, 0.25) is 0 Å². The maximum Gasteiger partial charge on any atom is 0.322 e. The smallest absolute Gasteiger partial charge is 0.322 e. The van der Waals surface area contributed by atoms with Crippen LogP contribution in [0.3, 0.4) is 0 Å². The van der Waals surface area contributed by atoms with Crippen molar-refractivity contribution in [2.24, 2.45) is 0 Å². The van der Waals surface area contributed by atoms with Crippen LogP contribution in [0.15, 0.2) is 0 Å². The number of hydrogen-bond donors (Lipinski definition) is 2. The molecular formula is C7H13NO2S. The normalized spacial score (nSPS) is 31.2. The minimum atomic E-state index is -0.211. The van der Waals surface area contributed by atoms with Gasteiger partial charge in [0.15, 0.2) is 0 Å². The first kappa shape index (κ1) is 8.87. The molecule has 0 radical (unpaired) electrons. The number of ether oxygens (including phenoxy) is 1. The molecular weight excluding hydrogens is 162 g/mol. The lowest BCUT2D eigenvalue weighted by Gasteiger charge is -2.09. The summed E-state index contributed by atoms with van der Waals surface area (Å²) in [7, 11) is 1.39. The van der Waals surface area contributed by atoms with E-state index in [2.05, 4.69) is 22.7 Å². The zero-order valence-corrected chi connectivity index (χ0v) is 7.60. The van der Waals surface area contributed by atoms with Gasteiger partial charge in [-0.3, -0.25) is 4.79 Å². The summed E-state index contributed by atoms with van der Waals surface area (Å²) < 4.78 is 4.55. The summed E-state index contributed by atoms with van der Waals surface area (Å²) >= 11 is 4.23. The predicted molar refractivity (Wildman–Crippen MR) is 45.8 cm³/mol. The van der Waals surface area contributed by atoms with E-state index in [1.165, 1.54) is 7.11 Å². The predicted octanol–water partition coefficient (Wildman–Crippen LogP) is 0.208. The van der Waals surface area contributed by atoms with Crippen molar-refractivity contribution in [2.45, 2.75) is 30.7 Å².